The molecule has 35 heavy (non-hydrogen) atoms. The average Bonchev–Trinajstić information content (AvgIpc) is 3.30. The quantitative estimate of drug-likeness (QED) is 0.226. The zero-order chi connectivity index (χ0) is 25.3. The van der Waals surface area contributed by atoms with E-state index in [-0.39, 0.29) is 24.5 Å². The smallest absolute Gasteiger partial charge is 0.428 e. The minimum Gasteiger partial charge on any atom is -0.494 e. The first-order valence-corrected chi connectivity index (χ1v) is 12.5. The molecule has 0 spiro atoms. The summed E-state index contributed by atoms with van der Waals surface area (Å²) in [6.45, 7) is 5.10. The SMILES string of the molecule is CCCCCCOc1ccc(-c2ccc(C(=O)O[C@@H]([C@@H]3C[C@@H](CCC)CO3)C(F)(F)F)cc2)cc1. The average molecular weight is 493 g/mol. The maximum atomic E-state index is 13.6. The first-order valence-electron chi connectivity index (χ1n) is 12.5. The lowest BCUT2D eigenvalue weighted by molar-refractivity contribution is -0.230. The summed E-state index contributed by atoms with van der Waals surface area (Å²) in [4.78, 5) is 12.5. The highest BCUT2D eigenvalue weighted by atomic mass is 19.4. The minimum atomic E-state index is -4.69. The Bertz CT molecular complexity index is 909. The monoisotopic (exact) mass is 492 g/mol. The molecule has 0 unspecified atom stereocenters. The predicted molar refractivity (Wildman–Crippen MR) is 130 cm³/mol. The van der Waals surface area contributed by atoms with Crippen molar-refractivity contribution < 1.29 is 32.2 Å². The van der Waals surface area contributed by atoms with E-state index in [1.54, 1.807) is 12.1 Å². The molecular weight excluding hydrogens is 457 g/mol. The van der Waals surface area contributed by atoms with Gasteiger partial charge in [-0.05, 0) is 60.6 Å². The summed E-state index contributed by atoms with van der Waals surface area (Å²) in [5, 5.41) is 0. The molecule has 0 aromatic heterocycles. The highest BCUT2D eigenvalue weighted by molar-refractivity contribution is 5.90. The van der Waals surface area contributed by atoms with Gasteiger partial charge in [0, 0.05) is 0 Å². The fourth-order valence-electron chi connectivity index (χ4n) is 4.34. The number of benzene rings is 2. The summed E-state index contributed by atoms with van der Waals surface area (Å²) in [7, 11) is 0. The maximum absolute atomic E-state index is 13.6. The van der Waals surface area contributed by atoms with Crippen molar-refractivity contribution in [3.63, 3.8) is 0 Å². The molecule has 7 heteroatoms. The van der Waals surface area contributed by atoms with Gasteiger partial charge in [-0.15, -0.1) is 0 Å². The lowest BCUT2D eigenvalue weighted by atomic mass is 9.98. The number of hydrogen-bond acceptors (Lipinski definition) is 4. The maximum Gasteiger partial charge on any atom is 0.428 e. The molecular formula is C28H35F3O4. The van der Waals surface area contributed by atoms with Gasteiger partial charge in [0.25, 0.3) is 0 Å². The summed E-state index contributed by atoms with van der Waals surface area (Å²) in [5.74, 6) is -0.155. The summed E-state index contributed by atoms with van der Waals surface area (Å²) >= 11 is 0. The number of esters is 1. The number of carbonyl (C=O) groups excluding carboxylic acids is 1. The molecule has 1 saturated heterocycles. The fraction of sp³-hybridized carbons (Fsp3) is 0.536. The van der Waals surface area contributed by atoms with E-state index < -0.39 is 24.4 Å². The molecule has 0 aliphatic carbocycles. The van der Waals surface area contributed by atoms with Crippen LogP contribution in [0.2, 0.25) is 0 Å². The van der Waals surface area contributed by atoms with Gasteiger partial charge < -0.3 is 14.2 Å². The van der Waals surface area contributed by atoms with Gasteiger partial charge >= 0.3 is 12.1 Å². The Hall–Kier alpha value is -2.54. The number of halogens is 3. The number of hydrogen-bond donors (Lipinski definition) is 0. The third-order valence-corrected chi connectivity index (χ3v) is 6.28. The van der Waals surface area contributed by atoms with Crippen LogP contribution in [0.4, 0.5) is 13.2 Å². The van der Waals surface area contributed by atoms with E-state index in [2.05, 4.69) is 6.92 Å². The van der Waals surface area contributed by atoms with Crippen LogP contribution in [-0.4, -0.2) is 37.6 Å². The standard InChI is InChI=1S/C28H35F3O4/c1-3-5-6-7-17-33-24-15-13-22(14-16-24)21-9-11-23(12-10-21)27(32)35-26(28(29,30)31)25-18-20(8-4-2)19-34-25/h9-16,20,25-26H,3-8,17-19H2,1-2H3/t20-,25+,26+/m1/s1. The van der Waals surface area contributed by atoms with Gasteiger partial charge in [0.15, 0.2) is 0 Å². The normalized spacial score (nSPS) is 18.9. The molecule has 1 fully saturated rings. The molecule has 0 amide bonds. The summed E-state index contributed by atoms with van der Waals surface area (Å²) in [6, 6.07) is 14.0. The Morgan fingerprint density at radius 2 is 1.63 bits per heavy atom. The van der Waals surface area contributed by atoms with E-state index in [0.29, 0.717) is 6.61 Å². The minimum absolute atomic E-state index is 0.0608. The highest BCUT2D eigenvalue weighted by Gasteiger charge is 2.50. The van der Waals surface area contributed by atoms with E-state index in [0.717, 1.165) is 42.6 Å². The van der Waals surface area contributed by atoms with Crippen molar-refractivity contribution in [1.29, 1.82) is 0 Å². The second-order valence-corrected chi connectivity index (χ2v) is 9.14. The van der Waals surface area contributed by atoms with Crippen LogP contribution < -0.4 is 4.74 Å². The summed E-state index contributed by atoms with van der Waals surface area (Å²) in [6.07, 6.45) is -1.66. The highest BCUT2D eigenvalue weighted by Crippen LogP contribution is 2.35. The number of unbranched alkanes of at least 4 members (excludes halogenated alkanes) is 3. The van der Waals surface area contributed by atoms with E-state index in [1.165, 1.54) is 25.0 Å². The predicted octanol–water partition coefficient (Wildman–Crippen LogP) is 7.61. The zero-order valence-electron chi connectivity index (χ0n) is 20.5. The van der Waals surface area contributed by atoms with Crippen LogP contribution in [0.1, 0.15) is 69.2 Å². The largest absolute Gasteiger partial charge is 0.494 e. The lowest BCUT2D eigenvalue weighted by Crippen LogP contribution is -2.43. The molecule has 0 radical (unpaired) electrons. The first-order chi connectivity index (χ1) is 16.8. The topological polar surface area (TPSA) is 44.8 Å². The lowest BCUT2D eigenvalue weighted by Gasteiger charge is -2.25. The van der Waals surface area contributed by atoms with Crippen LogP contribution in [0.5, 0.6) is 5.75 Å². The van der Waals surface area contributed by atoms with E-state index in [9.17, 15) is 18.0 Å². The number of rotatable bonds is 12. The van der Waals surface area contributed by atoms with Gasteiger partial charge in [0.05, 0.1) is 18.8 Å². The van der Waals surface area contributed by atoms with Crippen LogP contribution in [0.3, 0.4) is 0 Å². The first kappa shape index (κ1) is 27.1. The van der Waals surface area contributed by atoms with Crippen molar-refractivity contribution in [1.82, 2.24) is 0 Å². The third kappa shape index (κ3) is 7.99. The van der Waals surface area contributed by atoms with Gasteiger partial charge in [-0.1, -0.05) is 63.8 Å². The molecule has 3 atom stereocenters. The van der Waals surface area contributed by atoms with Crippen molar-refractivity contribution in [3.8, 4) is 16.9 Å². The molecule has 0 N–H and O–H groups in total. The van der Waals surface area contributed by atoms with Gasteiger partial charge in [-0.25, -0.2) is 4.79 Å². The Labute approximate surface area is 205 Å². The van der Waals surface area contributed by atoms with Crippen LogP contribution in [0.15, 0.2) is 48.5 Å². The van der Waals surface area contributed by atoms with Gasteiger partial charge in [0.1, 0.15) is 11.9 Å². The van der Waals surface area contributed by atoms with Crippen molar-refractivity contribution in [2.45, 2.75) is 77.2 Å². The molecule has 3 rings (SSSR count). The van der Waals surface area contributed by atoms with Crippen molar-refractivity contribution >= 4 is 5.97 Å². The molecule has 2 aromatic carbocycles. The van der Waals surface area contributed by atoms with E-state index in [4.69, 9.17) is 14.2 Å². The summed E-state index contributed by atoms with van der Waals surface area (Å²) in [5.41, 5.74) is 1.82. The molecule has 2 aromatic rings. The third-order valence-electron chi connectivity index (χ3n) is 6.28. The van der Waals surface area contributed by atoms with E-state index >= 15 is 0 Å². The molecule has 1 aliphatic rings. The van der Waals surface area contributed by atoms with Crippen LogP contribution in [-0.2, 0) is 9.47 Å². The van der Waals surface area contributed by atoms with Crippen molar-refractivity contribution in [3.05, 3.63) is 54.1 Å². The van der Waals surface area contributed by atoms with Crippen molar-refractivity contribution in [2.75, 3.05) is 13.2 Å². The van der Waals surface area contributed by atoms with Gasteiger partial charge in [-0.2, -0.15) is 13.2 Å². The molecule has 0 saturated carbocycles. The van der Waals surface area contributed by atoms with Crippen molar-refractivity contribution in [2.24, 2.45) is 5.92 Å². The second kappa shape index (κ2) is 13.0. The second-order valence-electron chi connectivity index (χ2n) is 9.14. The van der Waals surface area contributed by atoms with Crippen LogP contribution in [0.25, 0.3) is 11.1 Å². The number of alkyl halides is 3. The van der Waals surface area contributed by atoms with Gasteiger partial charge in [0.2, 0.25) is 6.10 Å². The Balaban J connectivity index is 1.58. The molecule has 1 heterocycles. The number of carbonyl (C=O) groups is 1. The van der Waals surface area contributed by atoms with E-state index in [1.807, 2.05) is 31.2 Å². The van der Waals surface area contributed by atoms with Gasteiger partial charge in [-0.3, -0.25) is 0 Å². The van der Waals surface area contributed by atoms with Crippen LogP contribution >= 0.6 is 0 Å². The summed E-state index contributed by atoms with van der Waals surface area (Å²) < 4.78 is 57.0. The molecule has 0 bridgehead atoms. The Morgan fingerprint density at radius 1 is 0.971 bits per heavy atom. The zero-order valence-corrected chi connectivity index (χ0v) is 20.5. The molecule has 1 aliphatic heterocycles. The Morgan fingerprint density at radius 3 is 2.23 bits per heavy atom. The van der Waals surface area contributed by atoms with Crippen LogP contribution in [0, 0.1) is 5.92 Å². The Kier molecular flexibility index (Phi) is 10.0. The number of ether oxygens (including phenoxy) is 3. The molecule has 4 nitrogen and oxygen atoms in total. The molecule has 192 valence electrons. The fourth-order valence-corrected chi connectivity index (χ4v) is 4.34.